The summed E-state index contributed by atoms with van der Waals surface area (Å²) in [7, 11) is 0. The standard InChI is InChI=1S/C15H24N4O2S/c16-12(7-4-8-18-15(17)22)10-19-13(14(20)21)9-11-5-2-1-3-6-11/h1-3,5-6,12-13,19H,4,7-10,16H2,(H,20,21)(H3,17,18,22)/t12-,13-/m0/s1. The zero-order valence-electron chi connectivity index (χ0n) is 12.5. The van der Waals surface area contributed by atoms with Crippen molar-refractivity contribution in [3.05, 3.63) is 35.9 Å². The average molecular weight is 324 g/mol. The minimum atomic E-state index is -0.869. The lowest BCUT2D eigenvalue weighted by molar-refractivity contribution is -0.139. The number of rotatable bonds is 10. The first kappa shape index (κ1) is 18.3. The van der Waals surface area contributed by atoms with Gasteiger partial charge in [0.25, 0.3) is 0 Å². The van der Waals surface area contributed by atoms with Gasteiger partial charge < -0.3 is 27.2 Å². The van der Waals surface area contributed by atoms with Crippen LogP contribution in [0.4, 0.5) is 0 Å². The molecule has 1 aromatic carbocycles. The summed E-state index contributed by atoms with van der Waals surface area (Å²) in [5.41, 5.74) is 12.3. The largest absolute Gasteiger partial charge is 0.480 e. The molecule has 2 atom stereocenters. The van der Waals surface area contributed by atoms with Gasteiger partial charge in [-0.3, -0.25) is 4.79 Å². The van der Waals surface area contributed by atoms with Gasteiger partial charge in [0.15, 0.2) is 5.11 Å². The molecule has 0 fully saturated rings. The van der Waals surface area contributed by atoms with E-state index in [0.29, 0.717) is 19.5 Å². The van der Waals surface area contributed by atoms with Crippen LogP contribution >= 0.6 is 12.2 Å². The van der Waals surface area contributed by atoms with Crippen LogP contribution in [0, 0.1) is 0 Å². The predicted molar refractivity (Wildman–Crippen MR) is 91.6 cm³/mol. The van der Waals surface area contributed by atoms with Gasteiger partial charge in [0.05, 0.1) is 0 Å². The van der Waals surface area contributed by atoms with Gasteiger partial charge in [0.2, 0.25) is 0 Å². The highest BCUT2D eigenvalue weighted by atomic mass is 32.1. The van der Waals surface area contributed by atoms with Gasteiger partial charge in [-0.15, -0.1) is 0 Å². The predicted octanol–water partition coefficient (Wildman–Crippen LogP) is 0.213. The molecule has 0 saturated heterocycles. The van der Waals surface area contributed by atoms with Crippen molar-refractivity contribution in [3.63, 3.8) is 0 Å². The van der Waals surface area contributed by atoms with Crippen LogP contribution in [0.15, 0.2) is 30.3 Å². The van der Waals surface area contributed by atoms with Gasteiger partial charge in [-0.1, -0.05) is 30.3 Å². The SMILES string of the molecule is NC(=S)NCCC[C@H](N)CN[C@@H](Cc1ccccc1)C(=O)O. The molecule has 0 aromatic heterocycles. The highest BCUT2D eigenvalue weighted by molar-refractivity contribution is 7.80. The molecule has 0 aliphatic carbocycles. The molecule has 1 rings (SSSR count). The maximum absolute atomic E-state index is 11.3. The third-order valence-electron chi connectivity index (χ3n) is 3.26. The minimum absolute atomic E-state index is 0.106. The summed E-state index contributed by atoms with van der Waals surface area (Å²) in [5, 5.41) is 15.4. The minimum Gasteiger partial charge on any atom is -0.480 e. The fraction of sp³-hybridized carbons (Fsp3) is 0.467. The van der Waals surface area contributed by atoms with E-state index < -0.39 is 12.0 Å². The molecule has 0 aliphatic heterocycles. The number of benzene rings is 1. The van der Waals surface area contributed by atoms with Gasteiger partial charge in [-0.05, 0) is 37.0 Å². The average Bonchev–Trinajstić information content (AvgIpc) is 2.48. The molecule has 7 heteroatoms. The number of nitrogens with two attached hydrogens (primary N) is 2. The Balaban J connectivity index is 2.31. The first-order valence-electron chi connectivity index (χ1n) is 7.28. The smallest absolute Gasteiger partial charge is 0.321 e. The van der Waals surface area contributed by atoms with Gasteiger partial charge in [0, 0.05) is 19.1 Å². The van der Waals surface area contributed by atoms with Crippen molar-refractivity contribution in [2.45, 2.75) is 31.3 Å². The number of nitrogens with one attached hydrogen (secondary N) is 2. The van der Waals surface area contributed by atoms with Crippen molar-refractivity contribution in [2.24, 2.45) is 11.5 Å². The molecule has 0 amide bonds. The number of carboxylic acids is 1. The van der Waals surface area contributed by atoms with Crippen molar-refractivity contribution >= 4 is 23.3 Å². The maximum atomic E-state index is 11.3. The number of aliphatic carboxylic acids is 1. The van der Waals surface area contributed by atoms with Crippen LogP contribution in [0.3, 0.4) is 0 Å². The summed E-state index contributed by atoms with van der Waals surface area (Å²) in [6, 6.07) is 8.79. The van der Waals surface area contributed by atoms with Gasteiger partial charge in [-0.2, -0.15) is 0 Å². The Labute approximate surface area is 136 Å². The van der Waals surface area contributed by atoms with Crippen molar-refractivity contribution in [2.75, 3.05) is 13.1 Å². The van der Waals surface area contributed by atoms with Crippen LogP contribution in [-0.2, 0) is 11.2 Å². The Bertz CT molecular complexity index is 470. The van der Waals surface area contributed by atoms with E-state index in [0.717, 1.165) is 18.4 Å². The lowest BCUT2D eigenvalue weighted by atomic mass is 10.1. The summed E-state index contributed by atoms with van der Waals surface area (Å²) in [6.45, 7) is 1.13. The van der Waals surface area contributed by atoms with Crippen LogP contribution in [0.5, 0.6) is 0 Å². The molecule has 0 spiro atoms. The van der Waals surface area contributed by atoms with Gasteiger partial charge >= 0.3 is 5.97 Å². The molecule has 7 N–H and O–H groups in total. The number of hydrogen-bond donors (Lipinski definition) is 5. The Morgan fingerprint density at radius 2 is 2.00 bits per heavy atom. The Morgan fingerprint density at radius 1 is 1.32 bits per heavy atom. The highest BCUT2D eigenvalue weighted by Crippen LogP contribution is 2.04. The van der Waals surface area contributed by atoms with Crippen LogP contribution in [0.2, 0.25) is 0 Å². The van der Waals surface area contributed by atoms with Crippen molar-refractivity contribution in [1.29, 1.82) is 0 Å². The van der Waals surface area contributed by atoms with Crippen molar-refractivity contribution in [3.8, 4) is 0 Å². The molecule has 0 saturated carbocycles. The van der Waals surface area contributed by atoms with Crippen LogP contribution in [-0.4, -0.2) is 41.4 Å². The Kier molecular flexibility index (Phi) is 8.42. The molecule has 0 heterocycles. The van der Waals surface area contributed by atoms with Crippen molar-refractivity contribution < 1.29 is 9.90 Å². The second kappa shape index (κ2) is 10.1. The molecule has 1 aromatic rings. The number of carbonyl (C=O) groups is 1. The molecular weight excluding hydrogens is 300 g/mol. The zero-order chi connectivity index (χ0) is 16.4. The van der Waals surface area contributed by atoms with E-state index in [1.54, 1.807) is 0 Å². The molecule has 0 bridgehead atoms. The third-order valence-corrected chi connectivity index (χ3v) is 3.40. The van der Waals surface area contributed by atoms with E-state index in [2.05, 4.69) is 10.6 Å². The fourth-order valence-electron chi connectivity index (χ4n) is 2.07. The summed E-state index contributed by atoms with van der Waals surface area (Å²) in [4.78, 5) is 11.3. The number of hydrogen-bond acceptors (Lipinski definition) is 4. The van der Waals surface area contributed by atoms with E-state index in [9.17, 15) is 9.90 Å². The van der Waals surface area contributed by atoms with E-state index in [4.69, 9.17) is 23.7 Å². The third kappa shape index (κ3) is 7.92. The second-order valence-electron chi connectivity index (χ2n) is 5.18. The Morgan fingerprint density at radius 3 is 2.59 bits per heavy atom. The maximum Gasteiger partial charge on any atom is 0.321 e. The topological polar surface area (TPSA) is 113 Å². The summed E-state index contributed by atoms with van der Waals surface area (Å²) in [6.07, 6.45) is 2.03. The van der Waals surface area contributed by atoms with Crippen LogP contribution in [0.25, 0.3) is 0 Å². The summed E-state index contributed by atoms with van der Waals surface area (Å²) < 4.78 is 0. The number of thiocarbonyl (C=S) groups is 1. The fourth-order valence-corrected chi connectivity index (χ4v) is 2.17. The van der Waals surface area contributed by atoms with E-state index in [-0.39, 0.29) is 11.2 Å². The van der Waals surface area contributed by atoms with Gasteiger partial charge in [0.1, 0.15) is 6.04 Å². The second-order valence-corrected chi connectivity index (χ2v) is 5.62. The quantitative estimate of drug-likeness (QED) is 0.309. The summed E-state index contributed by atoms with van der Waals surface area (Å²) >= 11 is 4.71. The lowest BCUT2D eigenvalue weighted by Gasteiger charge is -2.18. The van der Waals surface area contributed by atoms with Crippen LogP contribution < -0.4 is 22.1 Å². The molecule has 0 radical (unpaired) electrons. The molecule has 0 aliphatic rings. The normalized spacial score (nSPS) is 13.3. The number of carboxylic acid groups (broad SMARTS) is 1. The van der Waals surface area contributed by atoms with E-state index in [1.807, 2.05) is 30.3 Å². The van der Waals surface area contributed by atoms with E-state index >= 15 is 0 Å². The first-order chi connectivity index (χ1) is 10.5. The van der Waals surface area contributed by atoms with E-state index in [1.165, 1.54) is 0 Å². The molecular formula is C15H24N4O2S. The summed E-state index contributed by atoms with van der Waals surface area (Å²) in [5.74, 6) is -0.869. The monoisotopic (exact) mass is 324 g/mol. The zero-order valence-corrected chi connectivity index (χ0v) is 13.3. The lowest BCUT2D eigenvalue weighted by Crippen LogP contribution is -2.45. The molecule has 6 nitrogen and oxygen atoms in total. The van der Waals surface area contributed by atoms with Crippen LogP contribution in [0.1, 0.15) is 18.4 Å². The Hall–Kier alpha value is -1.70. The highest BCUT2D eigenvalue weighted by Gasteiger charge is 2.18. The molecule has 122 valence electrons. The first-order valence-corrected chi connectivity index (χ1v) is 7.69. The molecule has 0 unspecified atom stereocenters. The van der Waals surface area contributed by atoms with Crippen molar-refractivity contribution in [1.82, 2.24) is 10.6 Å². The van der Waals surface area contributed by atoms with Gasteiger partial charge in [-0.25, -0.2) is 0 Å². The molecule has 22 heavy (non-hydrogen) atoms.